The zero-order chi connectivity index (χ0) is 11.8. The monoisotopic (exact) mass is 259 g/mol. The Morgan fingerprint density at radius 3 is 2.56 bits per heavy atom. The largest absolute Gasteiger partial charge is 0.392 e. The maximum Gasteiger partial charge on any atom is 0.138 e. The first kappa shape index (κ1) is 13.0. The van der Waals surface area contributed by atoms with Crippen LogP contribution in [0.2, 0.25) is 0 Å². The zero-order valence-electron chi connectivity index (χ0n) is 8.44. The summed E-state index contributed by atoms with van der Waals surface area (Å²) in [5, 5.41) is 12.6. The normalized spacial score (nSPS) is 10.4. The predicted octanol–water partition coefficient (Wildman–Crippen LogP) is 2.85. The Labute approximate surface area is 104 Å². The van der Waals surface area contributed by atoms with E-state index in [1.165, 1.54) is 6.08 Å². The molecule has 1 aromatic rings. The van der Waals surface area contributed by atoms with E-state index >= 15 is 0 Å². The summed E-state index contributed by atoms with van der Waals surface area (Å²) in [6.45, 7) is 0.264. The third-order valence-electron chi connectivity index (χ3n) is 1.75. The highest BCUT2D eigenvalue weighted by molar-refractivity contribution is 6.55. The first-order chi connectivity index (χ1) is 7.72. The van der Waals surface area contributed by atoms with Crippen LogP contribution in [0.25, 0.3) is 0 Å². The van der Waals surface area contributed by atoms with Crippen molar-refractivity contribution in [1.29, 1.82) is 0 Å². The van der Waals surface area contributed by atoms with E-state index in [1.807, 2.05) is 24.3 Å². The molecule has 1 rings (SSSR count). The van der Waals surface area contributed by atoms with Gasteiger partial charge in [-0.2, -0.15) is 0 Å². The second-order valence-corrected chi connectivity index (χ2v) is 3.93. The summed E-state index contributed by atoms with van der Waals surface area (Å²) in [6.07, 6.45) is 3.06. The van der Waals surface area contributed by atoms with Crippen LogP contribution in [0.4, 0.5) is 0 Å². The topological polar surface area (TPSA) is 41.8 Å². The number of aliphatic hydroxyl groups excluding tert-OH is 1. The molecule has 3 nitrogen and oxygen atoms in total. The molecule has 0 unspecified atom stereocenters. The van der Waals surface area contributed by atoms with Crippen LogP contribution in [0.3, 0.4) is 0 Å². The molecule has 0 saturated heterocycles. The van der Waals surface area contributed by atoms with Crippen molar-refractivity contribution < 1.29 is 9.94 Å². The third-order valence-corrected chi connectivity index (χ3v) is 2.06. The Morgan fingerprint density at radius 2 is 2.00 bits per heavy atom. The fraction of sp³-hybridized carbons (Fsp3) is 0.182. The van der Waals surface area contributed by atoms with Crippen LogP contribution in [0.15, 0.2) is 40.0 Å². The Hall–Kier alpha value is -1.03. The molecule has 0 saturated carbocycles. The lowest BCUT2D eigenvalue weighted by molar-refractivity contribution is 0.176. The molecule has 0 aromatic heterocycles. The van der Waals surface area contributed by atoms with Gasteiger partial charge < -0.3 is 9.94 Å². The van der Waals surface area contributed by atoms with Crippen LogP contribution in [0.5, 0.6) is 0 Å². The van der Waals surface area contributed by atoms with Gasteiger partial charge in [0.25, 0.3) is 0 Å². The van der Waals surface area contributed by atoms with Gasteiger partial charge in [0.1, 0.15) is 11.1 Å². The summed E-state index contributed by atoms with van der Waals surface area (Å²) < 4.78 is 0.155. The number of hydrogen-bond acceptors (Lipinski definition) is 3. The smallest absolute Gasteiger partial charge is 0.138 e. The fourth-order valence-corrected chi connectivity index (χ4v) is 1.08. The average molecular weight is 260 g/mol. The second kappa shape index (κ2) is 7.28. The summed E-state index contributed by atoms with van der Waals surface area (Å²) in [5.74, 6) is 0. The Kier molecular flexibility index (Phi) is 5.93. The molecule has 0 spiro atoms. The summed E-state index contributed by atoms with van der Waals surface area (Å²) in [6, 6.07) is 7.30. The lowest BCUT2D eigenvalue weighted by Crippen LogP contribution is -1.87. The van der Waals surface area contributed by atoms with Gasteiger partial charge in [0.05, 0.1) is 12.8 Å². The summed E-state index contributed by atoms with van der Waals surface area (Å²) in [5.41, 5.74) is 1.74. The quantitative estimate of drug-likeness (QED) is 0.502. The minimum absolute atomic E-state index is 0.0347. The highest BCUT2D eigenvalue weighted by Gasteiger charge is 1.90. The van der Waals surface area contributed by atoms with Crippen molar-refractivity contribution in [2.45, 2.75) is 6.61 Å². The number of nitrogens with zero attached hydrogens (tertiary/aromatic N) is 1. The molecule has 1 aromatic carbocycles. The second-order valence-electron chi connectivity index (χ2n) is 2.92. The van der Waals surface area contributed by atoms with Crippen LogP contribution < -0.4 is 0 Å². The average Bonchev–Trinajstić information content (AvgIpc) is 2.29. The van der Waals surface area contributed by atoms with Gasteiger partial charge in [0, 0.05) is 0 Å². The molecule has 86 valence electrons. The number of oxime groups is 1. The molecular formula is C11H11Cl2NO2. The molecule has 0 aliphatic rings. The fourth-order valence-electron chi connectivity index (χ4n) is 0.951. The van der Waals surface area contributed by atoms with Crippen molar-refractivity contribution in [2.75, 3.05) is 6.61 Å². The summed E-state index contributed by atoms with van der Waals surface area (Å²) in [7, 11) is 0. The molecule has 1 N–H and O–H groups in total. The molecule has 0 aliphatic heterocycles. The molecule has 0 bridgehead atoms. The lowest BCUT2D eigenvalue weighted by Gasteiger charge is -1.96. The Morgan fingerprint density at radius 1 is 1.31 bits per heavy atom. The molecule has 0 aliphatic carbocycles. The lowest BCUT2D eigenvalue weighted by atomic mass is 10.2. The van der Waals surface area contributed by atoms with E-state index in [1.54, 1.807) is 6.21 Å². The van der Waals surface area contributed by atoms with E-state index in [0.29, 0.717) is 0 Å². The van der Waals surface area contributed by atoms with Crippen LogP contribution in [0, 0.1) is 0 Å². The van der Waals surface area contributed by atoms with Crippen molar-refractivity contribution in [3.63, 3.8) is 0 Å². The molecule has 0 amide bonds. The van der Waals surface area contributed by atoms with Gasteiger partial charge in [-0.25, -0.2) is 0 Å². The number of benzene rings is 1. The standard InChI is InChI=1S/C11H11Cl2NO2/c12-11(13)5-6-16-14-7-9-1-3-10(8-15)4-2-9/h1-5,7,15H,6,8H2/b14-7+. The zero-order valence-corrected chi connectivity index (χ0v) is 9.95. The van der Waals surface area contributed by atoms with E-state index in [2.05, 4.69) is 5.16 Å². The highest BCUT2D eigenvalue weighted by atomic mass is 35.5. The minimum Gasteiger partial charge on any atom is -0.392 e. The number of aliphatic hydroxyl groups is 1. The number of rotatable bonds is 5. The maximum absolute atomic E-state index is 8.84. The summed E-state index contributed by atoms with van der Waals surface area (Å²) >= 11 is 10.8. The molecule has 0 heterocycles. The molecule has 0 radical (unpaired) electrons. The van der Waals surface area contributed by atoms with Crippen LogP contribution in [0.1, 0.15) is 11.1 Å². The van der Waals surface area contributed by atoms with Gasteiger partial charge in [-0.1, -0.05) is 52.6 Å². The van der Waals surface area contributed by atoms with Gasteiger partial charge in [-0.15, -0.1) is 0 Å². The number of halogens is 2. The Bertz CT molecular complexity index is 370. The summed E-state index contributed by atoms with van der Waals surface area (Å²) in [4.78, 5) is 4.88. The van der Waals surface area contributed by atoms with Crippen LogP contribution in [-0.2, 0) is 11.4 Å². The SMILES string of the molecule is OCc1ccc(/C=N/OCC=C(Cl)Cl)cc1. The molecule has 0 fully saturated rings. The van der Waals surface area contributed by atoms with Gasteiger partial charge in [0.15, 0.2) is 0 Å². The molecular weight excluding hydrogens is 249 g/mol. The third kappa shape index (κ3) is 5.16. The predicted molar refractivity (Wildman–Crippen MR) is 65.7 cm³/mol. The van der Waals surface area contributed by atoms with E-state index in [-0.39, 0.29) is 17.7 Å². The van der Waals surface area contributed by atoms with Crippen molar-refractivity contribution >= 4 is 29.4 Å². The van der Waals surface area contributed by atoms with E-state index in [9.17, 15) is 0 Å². The Balaban J connectivity index is 2.41. The number of hydrogen-bond donors (Lipinski definition) is 1. The van der Waals surface area contributed by atoms with E-state index in [4.69, 9.17) is 33.1 Å². The van der Waals surface area contributed by atoms with Gasteiger partial charge in [0.2, 0.25) is 0 Å². The van der Waals surface area contributed by atoms with Crippen molar-refractivity contribution in [3.05, 3.63) is 46.0 Å². The first-order valence-electron chi connectivity index (χ1n) is 4.58. The van der Waals surface area contributed by atoms with Crippen molar-refractivity contribution in [1.82, 2.24) is 0 Å². The van der Waals surface area contributed by atoms with Crippen molar-refractivity contribution in [2.24, 2.45) is 5.16 Å². The van der Waals surface area contributed by atoms with Gasteiger partial charge in [-0.05, 0) is 17.2 Å². The van der Waals surface area contributed by atoms with Crippen LogP contribution >= 0.6 is 23.2 Å². The van der Waals surface area contributed by atoms with Gasteiger partial charge in [-0.3, -0.25) is 0 Å². The van der Waals surface area contributed by atoms with Crippen LogP contribution in [-0.4, -0.2) is 17.9 Å². The van der Waals surface area contributed by atoms with Crippen molar-refractivity contribution in [3.8, 4) is 0 Å². The van der Waals surface area contributed by atoms with E-state index < -0.39 is 0 Å². The minimum atomic E-state index is 0.0347. The highest BCUT2D eigenvalue weighted by Crippen LogP contribution is 2.05. The van der Waals surface area contributed by atoms with E-state index in [0.717, 1.165) is 11.1 Å². The first-order valence-corrected chi connectivity index (χ1v) is 5.34. The van der Waals surface area contributed by atoms with Gasteiger partial charge >= 0.3 is 0 Å². The molecule has 16 heavy (non-hydrogen) atoms. The molecule has 5 heteroatoms. The maximum atomic E-state index is 8.84. The molecule has 0 atom stereocenters.